The highest BCUT2D eigenvalue weighted by Gasteiger charge is 2.54. The van der Waals surface area contributed by atoms with Crippen molar-refractivity contribution >= 4 is 17.8 Å². The lowest BCUT2D eigenvalue weighted by atomic mass is 9.86. The van der Waals surface area contributed by atoms with Crippen LogP contribution in [0.15, 0.2) is 30.3 Å². The SMILES string of the molecule is CCC(CC)C(=O)N1CCC(N2C(=O)NC3(CCN(Cc4ccccc4)CC3)C2=O)CC1. The number of nitrogens with one attached hydrogen (secondary N) is 1. The van der Waals surface area contributed by atoms with Crippen LogP contribution in [-0.4, -0.2) is 70.3 Å². The van der Waals surface area contributed by atoms with Crippen LogP contribution < -0.4 is 5.32 Å². The van der Waals surface area contributed by atoms with E-state index in [2.05, 4.69) is 36.2 Å². The van der Waals surface area contributed by atoms with Crippen LogP contribution in [0.1, 0.15) is 57.9 Å². The maximum absolute atomic E-state index is 13.4. The molecule has 1 N–H and O–H groups in total. The number of carbonyl (C=O) groups is 3. The monoisotopic (exact) mass is 440 g/mol. The summed E-state index contributed by atoms with van der Waals surface area (Å²) in [6.45, 7) is 7.79. The molecule has 1 aromatic carbocycles. The van der Waals surface area contributed by atoms with Gasteiger partial charge >= 0.3 is 6.03 Å². The fraction of sp³-hybridized carbons (Fsp3) is 0.640. The molecule has 3 aliphatic heterocycles. The number of urea groups is 1. The van der Waals surface area contributed by atoms with Crippen molar-refractivity contribution in [2.45, 2.75) is 70.5 Å². The van der Waals surface area contributed by atoms with Crippen molar-refractivity contribution in [3.8, 4) is 0 Å². The molecule has 32 heavy (non-hydrogen) atoms. The molecule has 0 atom stereocenters. The second kappa shape index (κ2) is 9.61. The smallest absolute Gasteiger partial charge is 0.325 e. The van der Waals surface area contributed by atoms with Crippen LogP contribution in [0.2, 0.25) is 0 Å². The fourth-order valence-corrected chi connectivity index (χ4v) is 5.49. The molecular formula is C25H36N4O3. The first-order chi connectivity index (χ1) is 15.5. The van der Waals surface area contributed by atoms with E-state index in [0.717, 1.165) is 32.5 Å². The zero-order chi connectivity index (χ0) is 22.7. The first kappa shape index (κ1) is 22.8. The van der Waals surface area contributed by atoms with Crippen molar-refractivity contribution in [2.75, 3.05) is 26.2 Å². The summed E-state index contributed by atoms with van der Waals surface area (Å²) in [6.07, 6.45) is 4.33. The average molecular weight is 441 g/mol. The van der Waals surface area contributed by atoms with Crippen LogP contribution in [0, 0.1) is 5.92 Å². The first-order valence-corrected chi connectivity index (χ1v) is 12.2. The van der Waals surface area contributed by atoms with Crippen molar-refractivity contribution in [1.82, 2.24) is 20.0 Å². The van der Waals surface area contributed by atoms with E-state index in [1.165, 1.54) is 10.5 Å². The summed E-state index contributed by atoms with van der Waals surface area (Å²) in [4.78, 5) is 44.7. The van der Waals surface area contributed by atoms with E-state index in [0.29, 0.717) is 38.8 Å². The van der Waals surface area contributed by atoms with E-state index in [1.54, 1.807) is 0 Å². The van der Waals surface area contributed by atoms with Crippen LogP contribution in [0.25, 0.3) is 0 Å². The van der Waals surface area contributed by atoms with Gasteiger partial charge in [-0.2, -0.15) is 0 Å². The maximum Gasteiger partial charge on any atom is 0.325 e. The highest BCUT2D eigenvalue weighted by Crippen LogP contribution is 2.33. The molecule has 7 nitrogen and oxygen atoms in total. The van der Waals surface area contributed by atoms with Crippen molar-refractivity contribution in [3.63, 3.8) is 0 Å². The molecule has 4 amide bonds. The van der Waals surface area contributed by atoms with Gasteiger partial charge in [0.05, 0.1) is 0 Å². The predicted molar refractivity (Wildman–Crippen MR) is 123 cm³/mol. The van der Waals surface area contributed by atoms with Gasteiger partial charge in [-0.25, -0.2) is 4.79 Å². The van der Waals surface area contributed by atoms with E-state index in [1.807, 2.05) is 23.1 Å². The molecule has 3 fully saturated rings. The van der Waals surface area contributed by atoms with E-state index in [9.17, 15) is 14.4 Å². The van der Waals surface area contributed by atoms with Crippen LogP contribution in [0.3, 0.4) is 0 Å². The van der Waals surface area contributed by atoms with Gasteiger partial charge in [0.15, 0.2) is 0 Å². The van der Waals surface area contributed by atoms with Crippen molar-refractivity contribution < 1.29 is 14.4 Å². The molecule has 7 heteroatoms. The maximum atomic E-state index is 13.4. The van der Waals surface area contributed by atoms with Gasteiger partial charge in [-0.3, -0.25) is 19.4 Å². The number of likely N-dealkylation sites (tertiary alicyclic amines) is 2. The van der Waals surface area contributed by atoms with E-state index < -0.39 is 5.54 Å². The summed E-state index contributed by atoms with van der Waals surface area (Å²) < 4.78 is 0. The molecule has 3 aliphatic rings. The highest BCUT2D eigenvalue weighted by atomic mass is 16.2. The molecule has 0 unspecified atom stereocenters. The van der Waals surface area contributed by atoms with Gasteiger partial charge < -0.3 is 10.2 Å². The molecule has 0 aliphatic carbocycles. The summed E-state index contributed by atoms with van der Waals surface area (Å²) in [5.41, 5.74) is 0.508. The minimum absolute atomic E-state index is 0.0633. The lowest BCUT2D eigenvalue weighted by molar-refractivity contribution is -0.138. The van der Waals surface area contributed by atoms with Gasteiger partial charge in [-0.15, -0.1) is 0 Å². The summed E-state index contributed by atoms with van der Waals surface area (Å²) in [6, 6.07) is 9.98. The Morgan fingerprint density at radius 2 is 1.66 bits per heavy atom. The summed E-state index contributed by atoms with van der Waals surface area (Å²) in [5, 5.41) is 3.05. The third-order valence-corrected chi connectivity index (χ3v) is 7.63. The Morgan fingerprint density at radius 3 is 2.25 bits per heavy atom. The van der Waals surface area contributed by atoms with Crippen molar-refractivity contribution in [3.05, 3.63) is 35.9 Å². The highest BCUT2D eigenvalue weighted by molar-refractivity contribution is 6.07. The first-order valence-electron chi connectivity index (χ1n) is 12.2. The number of hydrogen-bond donors (Lipinski definition) is 1. The second-order valence-electron chi connectivity index (χ2n) is 9.52. The molecule has 3 saturated heterocycles. The van der Waals surface area contributed by atoms with Crippen LogP contribution in [0.5, 0.6) is 0 Å². The van der Waals surface area contributed by atoms with Crippen LogP contribution in [0.4, 0.5) is 4.79 Å². The summed E-state index contributed by atoms with van der Waals surface area (Å²) >= 11 is 0. The standard InChI is InChI=1S/C25H36N4O3/c1-3-20(4-2)22(30)28-14-10-21(11-15-28)29-23(31)25(26-24(29)32)12-16-27(17-13-25)18-19-8-6-5-7-9-19/h5-9,20-21H,3-4,10-18H2,1-2H3,(H,26,32). The fourth-order valence-electron chi connectivity index (χ4n) is 5.49. The summed E-state index contributed by atoms with van der Waals surface area (Å²) in [7, 11) is 0. The Bertz CT molecular complexity index is 823. The molecule has 0 saturated carbocycles. The third kappa shape index (κ3) is 4.40. The third-order valence-electron chi connectivity index (χ3n) is 7.63. The Hall–Kier alpha value is -2.41. The van der Waals surface area contributed by atoms with Gasteiger partial charge in [-0.1, -0.05) is 44.2 Å². The zero-order valence-corrected chi connectivity index (χ0v) is 19.4. The lowest BCUT2D eigenvalue weighted by Gasteiger charge is -2.39. The van der Waals surface area contributed by atoms with E-state index in [4.69, 9.17) is 0 Å². The zero-order valence-electron chi connectivity index (χ0n) is 19.4. The Labute approximate surface area is 191 Å². The molecule has 174 valence electrons. The molecule has 0 bridgehead atoms. The van der Waals surface area contributed by atoms with Gasteiger partial charge in [-0.05, 0) is 44.1 Å². The van der Waals surface area contributed by atoms with Crippen molar-refractivity contribution in [2.24, 2.45) is 5.92 Å². The van der Waals surface area contributed by atoms with E-state index >= 15 is 0 Å². The molecular weight excluding hydrogens is 404 g/mol. The van der Waals surface area contributed by atoms with E-state index in [-0.39, 0.29) is 29.8 Å². The minimum Gasteiger partial charge on any atom is -0.342 e. The lowest BCUT2D eigenvalue weighted by Crippen LogP contribution is -2.55. The normalized spacial score (nSPS) is 22.1. The van der Waals surface area contributed by atoms with Crippen LogP contribution in [-0.2, 0) is 16.1 Å². The number of imide groups is 1. The number of hydrogen-bond acceptors (Lipinski definition) is 4. The molecule has 0 aromatic heterocycles. The quantitative estimate of drug-likeness (QED) is 0.691. The largest absolute Gasteiger partial charge is 0.342 e. The molecule has 3 heterocycles. The molecule has 4 rings (SSSR count). The molecule has 0 radical (unpaired) electrons. The van der Waals surface area contributed by atoms with Gasteiger partial charge in [0, 0.05) is 44.7 Å². The number of carbonyl (C=O) groups excluding carboxylic acids is 3. The molecule has 1 spiro atoms. The topological polar surface area (TPSA) is 73.0 Å². The Kier molecular flexibility index (Phi) is 6.84. The minimum atomic E-state index is -0.757. The number of rotatable bonds is 6. The van der Waals surface area contributed by atoms with Crippen LogP contribution >= 0.6 is 0 Å². The molecule has 1 aromatic rings. The number of nitrogens with zero attached hydrogens (tertiary/aromatic N) is 3. The summed E-state index contributed by atoms with van der Waals surface area (Å²) in [5.74, 6) is 0.229. The second-order valence-corrected chi connectivity index (χ2v) is 9.52. The van der Waals surface area contributed by atoms with Gasteiger partial charge in [0.25, 0.3) is 5.91 Å². The Morgan fingerprint density at radius 1 is 1.03 bits per heavy atom. The average Bonchev–Trinajstić information content (AvgIpc) is 3.06. The number of benzene rings is 1. The van der Waals surface area contributed by atoms with Gasteiger partial charge in [0.2, 0.25) is 5.91 Å². The number of amides is 4. The number of piperidine rings is 2. The van der Waals surface area contributed by atoms with Gasteiger partial charge in [0.1, 0.15) is 5.54 Å². The van der Waals surface area contributed by atoms with Crippen molar-refractivity contribution in [1.29, 1.82) is 0 Å². The Balaban J connectivity index is 1.33. The predicted octanol–water partition coefficient (Wildman–Crippen LogP) is 3.00.